The molecule has 1 atom stereocenters. The lowest BCUT2D eigenvalue weighted by atomic mass is 10.1. The topological polar surface area (TPSA) is 32.7 Å². The molecule has 1 N–H and O–H groups in total. The van der Waals surface area contributed by atoms with E-state index in [0.29, 0.717) is 19.0 Å². The van der Waals surface area contributed by atoms with E-state index in [9.17, 15) is 9.50 Å². The van der Waals surface area contributed by atoms with Gasteiger partial charge in [0, 0.05) is 19.6 Å². The second-order valence-corrected chi connectivity index (χ2v) is 6.94. The molecular weight excluding hydrogens is 317 g/mol. The number of aliphatic hydroxyl groups excluding tert-OH is 1. The maximum Gasteiger partial charge on any atom is 0.123 e. The number of aliphatic hydroxyl groups is 1. The minimum Gasteiger partial charge on any atom is -0.491 e. The number of rotatable bonds is 9. The molecule has 25 heavy (non-hydrogen) atoms. The van der Waals surface area contributed by atoms with Gasteiger partial charge in [0.2, 0.25) is 0 Å². The lowest BCUT2D eigenvalue weighted by Gasteiger charge is -2.27. The maximum atomic E-state index is 13.1. The SMILES string of the molecule is Cc1ccccc1OC[C@@H](O)CN(Cc1ccc(F)cc1)CC(C)C. The van der Waals surface area contributed by atoms with Crippen molar-refractivity contribution in [3.63, 3.8) is 0 Å². The van der Waals surface area contributed by atoms with Gasteiger partial charge in [-0.25, -0.2) is 4.39 Å². The summed E-state index contributed by atoms with van der Waals surface area (Å²) in [5.41, 5.74) is 2.09. The molecule has 0 aliphatic carbocycles. The summed E-state index contributed by atoms with van der Waals surface area (Å²) in [6.07, 6.45) is -0.584. The molecule has 0 amide bonds. The van der Waals surface area contributed by atoms with Crippen LogP contribution in [0.25, 0.3) is 0 Å². The molecule has 0 heterocycles. The number of para-hydroxylation sites is 1. The highest BCUT2D eigenvalue weighted by atomic mass is 19.1. The first-order chi connectivity index (χ1) is 11.9. The van der Waals surface area contributed by atoms with Gasteiger partial charge in [-0.15, -0.1) is 0 Å². The molecule has 3 nitrogen and oxygen atoms in total. The van der Waals surface area contributed by atoms with E-state index in [1.165, 1.54) is 12.1 Å². The summed E-state index contributed by atoms with van der Waals surface area (Å²) < 4.78 is 18.8. The van der Waals surface area contributed by atoms with Gasteiger partial charge in [0.15, 0.2) is 0 Å². The molecule has 0 bridgehead atoms. The van der Waals surface area contributed by atoms with Gasteiger partial charge in [-0.1, -0.05) is 44.2 Å². The Kier molecular flexibility index (Phi) is 7.41. The smallest absolute Gasteiger partial charge is 0.123 e. The number of hydrogen-bond donors (Lipinski definition) is 1. The van der Waals surface area contributed by atoms with Crippen LogP contribution in [-0.2, 0) is 6.54 Å². The van der Waals surface area contributed by atoms with Gasteiger partial charge in [0.25, 0.3) is 0 Å². The Hall–Kier alpha value is -1.91. The Morgan fingerprint density at radius 1 is 1.04 bits per heavy atom. The van der Waals surface area contributed by atoms with E-state index in [2.05, 4.69) is 18.7 Å². The largest absolute Gasteiger partial charge is 0.491 e. The van der Waals surface area contributed by atoms with E-state index < -0.39 is 6.10 Å². The summed E-state index contributed by atoms with van der Waals surface area (Å²) in [5, 5.41) is 10.4. The van der Waals surface area contributed by atoms with E-state index in [0.717, 1.165) is 23.4 Å². The molecule has 2 aromatic rings. The zero-order valence-electron chi connectivity index (χ0n) is 15.3. The summed E-state index contributed by atoms with van der Waals surface area (Å²) in [7, 11) is 0. The van der Waals surface area contributed by atoms with Crippen LogP contribution >= 0.6 is 0 Å². The predicted molar refractivity (Wildman–Crippen MR) is 99.2 cm³/mol. The van der Waals surface area contributed by atoms with Crippen LogP contribution in [-0.4, -0.2) is 35.8 Å². The van der Waals surface area contributed by atoms with Crippen molar-refractivity contribution >= 4 is 0 Å². The van der Waals surface area contributed by atoms with E-state index in [1.807, 2.05) is 31.2 Å². The van der Waals surface area contributed by atoms with Crippen molar-refractivity contribution < 1.29 is 14.2 Å². The number of aryl methyl sites for hydroxylation is 1. The average molecular weight is 345 g/mol. The van der Waals surface area contributed by atoms with Crippen molar-refractivity contribution in [3.05, 3.63) is 65.5 Å². The van der Waals surface area contributed by atoms with Crippen molar-refractivity contribution in [3.8, 4) is 5.75 Å². The first-order valence-electron chi connectivity index (χ1n) is 8.77. The Morgan fingerprint density at radius 2 is 1.72 bits per heavy atom. The van der Waals surface area contributed by atoms with Crippen LogP contribution in [0.4, 0.5) is 4.39 Å². The monoisotopic (exact) mass is 345 g/mol. The van der Waals surface area contributed by atoms with Gasteiger partial charge in [-0.2, -0.15) is 0 Å². The summed E-state index contributed by atoms with van der Waals surface area (Å²) in [6, 6.07) is 14.3. The molecule has 2 rings (SSSR count). The van der Waals surface area contributed by atoms with E-state index in [-0.39, 0.29) is 12.4 Å². The Morgan fingerprint density at radius 3 is 2.36 bits per heavy atom. The fourth-order valence-electron chi connectivity index (χ4n) is 2.82. The highest BCUT2D eigenvalue weighted by Gasteiger charge is 2.15. The molecule has 0 fully saturated rings. The molecular formula is C21H28FNO2. The van der Waals surface area contributed by atoms with Crippen LogP contribution in [0.2, 0.25) is 0 Å². The minimum absolute atomic E-state index is 0.231. The molecule has 0 aliphatic heterocycles. The lowest BCUT2D eigenvalue weighted by molar-refractivity contribution is 0.0613. The number of ether oxygens (including phenoxy) is 1. The van der Waals surface area contributed by atoms with Gasteiger partial charge in [0.05, 0.1) is 0 Å². The summed E-state index contributed by atoms with van der Waals surface area (Å²) in [5.74, 6) is 1.05. The second kappa shape index (κ2) is 9.54. The van der Waals surface area contributed by atoms with Crippen molar-refractivity contribution in [2.45, 2.75) is 33.4 Å². The standard InChI is InChI=1S/C21H28FNO2/c1-16(2)12-23(13-18-8-10-19(22)11-9-18)14-20(24)15-25-21-7-5-4-6-17(21)3/h4-11,16,20,24H,12-15H2,1-3H3/t20-/m0/s1. The third kappa shape index (κ3) is 6.85. The molecule has 0 saturated heterocycles. The van der Waals surface area contributed by atoms with Crippen LogP contribution in [0.1, 0.15) is 25.0 Å². The van der Waals surface area contributed by atoms with Crippen LogP contribution in [0.5, 0.6) is 5.75 Å². The van der Waals surface area contributed by atoms with Crippen molar-refractivity contribution in [2.75, 3.05) is 19.7 Å². The quantitative estimate of drug-likeness (QED) is 0.745. The number of nitrogens with zero attached hydrogens (tertiary/aromatic N) is 1. The number of benzene rings is 2. The van der Waals surface area contributed by atoms with E-state index >= 15 is 0 Å². The second-order valence-electron chi connectivity index (χ2n) is 6.94. The molecule has 2 aromatic carbocycles. The average Bonchev–Trinajstić information content (AvgIpc) is 2.55. The molecule has 0 unspecified atom stereocenters. The Balaban J connectivity index is 1.91. The highest BCUT2D eigenvalue weighted by molar-refractivity contribution is 5.31. The normalized spacial score (nSPS) is 12.6. The van der Waals surface area contributed by atoms with Crippen LogP contribution < -0.4 is 4.74 Å². The summed E-state index contributed by atoms with van der Waals surface area (Å²) in [4.78, 5) is 2.18. The van der Waals surface area contributed by atoms with Gasteiger partial charge in [0.1, 0.15) is 24.3 Å². The number of hydrogen-bond acceptors (Lipinski definition) is 3. The number of halogens is 1. The molecule has 136 valence electrons. The Labute approximate surface area is 150 Å². The van der Waals surface area contributed by atoms with Gasteiger partial charge < -0.3 is 9.84 Å². The fourth-order valence-corrected chi connectivity index (χ4v) is 2.82. The third-order valence-electron chi connectivity index (χ3n) is 3.94. The fraction of sp³-hybridized carbons (Fsp3) is 0.429. The predicted octanol–water partition coefficient (Wildman–Crippen LogP) is 4.03. The zero-order valence-corrected chi connectivity index (χ0v) is 15.3. The maximum absolute atomic E-state index is 13.1. The Bertz CT molecular complexity index is 643. The van der Waals surface area contributed by atoms with Gasteiger partial charge >= 0.3 is 0 Å². The zero-order chi connectivity index (χ0) is 18.2. The first kappa shape index (κ1) is 19.4. The molecule has 0 radical (unpaired) electrons. The molecule has 0 saturated carbocycles. The molecule has 0 aliphatic rings. The van der Waals surface area contributed by atoms with Gasteiger partial charge in [-0.05, 0) is 42.2 Å². The highest BCUT2D eigenvalue weighted by Crippen LogP contribution is 2.16. The first-order valence-corrected chi connectivity index (χ1v) is 8.77. The van der Waals surface area contributed by atoms with E-state index in [4.69, 9.17) is 4.74 Å². The third-order valence-corrected chi connectivity index (χ3v) is 3.94. The van der Waals surface area contributed by atoms with Crippen LogP contribution in [0, 0.1) is 18.7 Å². The van der Waals surface area contributed by atoms with Crippen LogP contribution in [0.3, 0.4) is 0 Å². The molecule has 4 heteroatoms. The van der Waals surface area contributed by atoms with E-state index in [1.54, 1.807) is 12.1 Å². The molecule has 0 aromatic heterocycles. The van der Waals surface area contributed by atoms with Crippen LogP contribution in [0.15, 0.2) is 48.5 Å². The van der Waals surface area contributed by atoms with Crippen molar-refractivity contribution in [1.82, 2.24) is 4.90 Å². The van der Waals surface area contributed by atoms with Crippen molar-refractivity contribution in [1.29, 1.82) is 0 Å². The lowest BCUT2D eigenvalue weighted by Crippen LogP contribution is -2.37. The summed E-state index contributed by atoms with van der Waals surface area (Å²) in [6.45, 7) is 8.59. The minimum atomic E-state index is -0.584. The van der Waals surface area contributed by atoms with Gasteiger partial charge in [-0.3, -0.25) is 4.90 Å². The van der Waals surface area contributed by atoms with Crippen molar-refractivity contribution in [2.24, 2.45) is 5.92 Å². The molecule has 0 spiro atoms. The summed E-state index contributed by atoms with van der Waals surface area (Å²) >= 11 is 0.